The summed E-state index contributed by atoms with van der Waals surface area (Å²) in [5.41, 5.74) is 2.57. The molecule has 1 aromatic carbocycles. The van der Waals surface area contributed by atoms with Crippen LogP contribution in [0.3, 0.4) is 0 Å². The zero-order valence-corrected chi connectivity index (χ0v) is 13.9. The van der Waals surface area contributed by atoms with Gasteiger partial charge in [-0.05, 0) is 37.8 Å². The minimum Gasteiger partial charge on any atom is -0.466 e. The zero-order chi connectivity index (χ0) is 17.5. The molecule has 7 heteroatoms. The molecule has 24 heavy (non-hydrogen) atoms. The summed E-state index contributed by atoms with van der Waals surface area (Å²) in [6, 6.07) is 5.20. The molecule has 0 aliphatic carbocycles. The summed E-state index contributed by atoms with van der Waals surface area (Å²) in [5.74, 6) is -0.272. The molecule has 1 heterocycles. The number of nitro groups is 1. The molecule has 0 atom stereocenters. The molecule has 0 unspecified atom stereocenters. The van der Waals surface area contributed by atoms with E-state index in [-0.39, 0.29) is 23.0 Å². The Labute approximate surface area is 140 Å². The summed E-state index contributed by atoms with van der Waals surface area (Å²) in [6.45, 7) is 4.53. The fourth-order valence-corrected chi connectivity index (χ4v) is 2.49. The summed E-state index contributed by atoms with van der Waals surface area (Å²) in [4.78, 5) is 22.3. The Kier molecular flexibility index (Phi) is 6.06. The molecule has 7 nitrogen and oxygen atoms in total. The van der Waals surface area contributed by atoms with Crippen molar-refractivity contribution in [2.45, 2.75) is 39.7 Å². The van der Waals surface area contributed by atoms with Gasteiger partial charge in [0.05, 0.1) is 24.3 Å². The maximum atomic E-state index is 11.3. The summed E-state index contributed by atoms with van der Waals surface area (Å²) >= 11 is 0. The molecule has 0 saturated carbocycles. The Morgan fingerprint density at radius 1 is 1.42 bits per heavy atom. The second-order valence-electron chi connectivity index (χ2n) is 5.59. The normalized spacial score (nSPS) is 10.6. The lowest BCUT2D eigenvalue weighted by atomic mass is 10.0. The van der Waals surface area contributed by atoms with Gasteiger partial charge in [-0.15, -0.1) is 0 Å². The van der Waals surface area contributed by atoms with Crippen LogP contribution in [-0.4, -0.2) is 27.3 Å². The van der Waals surface area contributed by atoms with Crippen molar-refractivity contribution >= 4 is 11.7 Å². The molecule has 128 valence electrons. The van der Waals surface area contributed by atoms with E-state index in [0.29, 0.717) is 31.6 Å². The van der Waals surface area contributed by atoms with E-state index in [2.05, 4.69) is 5.10 Å². The van der Waals surface area contributed by atoms with Crippen LogP contribution < -0.4 is 0 Å². The summed E-state index contributed by atoms with van der Waals surface area (Å²) in [7, 11) is 0. The first kappa shape index (κ1) is 17.7. The van der Waals surface area contributed by atoms with E-state index < -0.39 is 0 Å². The highest BCUT2D eigenvalue weighted by Gasteiger charge is 2.15. The summed E-state index contributed by atoms with van der Waals surface area (Å²) in [6.07, 6.45) is 4.89. The number of esters is 1. The molecular formula is C17H21N3O4. The van der Waals surface area contributed by atoms with Crippen molar-refractivity contribution < 1.29 is 14.5 Å². The largest absolute Gasteiger partial charge is 0.466 e. The van der Waals surface area contributed by atoms with Gasteiger partial charge in [-0.1, -0.05) is 12.1 Å². The fourth-order valence-electron chi connectivity index (χ4n) is 2.49. The molecule has 0 aliphatic rings. The van der Waals surface area contributed by atoms with Crippen LogP contribution in [-0.2, 0) is 22.5 Å². The maximum absolute atomic E-state index is 11.3. The number of nitrogens with zero attached hydrogens (tertiary/aromatic N) is 3. The highest BCUT2D eigenvalue weighted by molar-refractivity contribution is 5.69. The van der Waals surface area contributed by atoms with Crippen LogP contribution in [0.5, 0.6) is 0 Å². The SMILES string of the molecule is CCOC(=O)CCCc1ccc(Cn2cc(C)cn2)cc1[N+](=O)[O-]. The first-order chi connectivity index (χ1) is 11.5. The molecule has 1 aromatic heterocycles. The maximum Gasteiger partial charge on any atom is 0.305 e. The number of hydrogen-bond acceptors (Lipinski definition) is 5. The van der Waals surface area contributed by atoms with E-state index in [1.807, 2.05) is 19.2 Å². The number of aryl methyl sites for hydroxylation is 2. The molecule has 0 amide bonds. The lowest BCUT2D eigenvalue weighted by Crippen LogP contribution is -2.05. The van der Waals surface area contributed by atoms with Crippen molar-refractivity contribution in [1.82, 2.24) is 9.78 Å². The van der Waals surface area contributed by atoms with Gasteiger partial charge >= 0.3 is 5.97 Å². The van der Waals surface area contributed by atoms with Crippen LogP contribution in [0.4, 0.5) is 5.69 Å². The van der Waals surface area contributed by atoms with Crippen molar-refractivity contribution in [3.8, 4) is 0 Å². The fraction of sp³-hybridized carbons (Fsp3) is 0.412. The van der Waals surface area contributed by atoms with Crippen LogP contribution >= 0.6 is 0 Å². The second-order valence-corrected chi connectivity index (χ2v) is 5.59. The first-order valence-electron chi connectivity index (χ1n) is 7.90. The Balaban J connectivity index is 2.06. The number of benzene rings is 1. The summed E-state index contributed by atoms with van der Waals surface area (Å²) in [5, 5.41) is 15.5. The Hall–Kier alpha value is -2.70. The standard InChI is InChI=1S/C17H21N3O4/c1-3-24-17(21)6-4-5-15-8-7-14(9-16(15)20(22)23)12-19-11-13(2)10-18-19/h7-11H,3-6,12H2,1-2H3. The first-order valence-corrected chi connectivity index (χ1v) is 7.90. The predicted octanol–water partition coefficient (Wildman–Crippen LogP) is 3.03. The van der Waals surface area contributed by atoms with Crippen LogP contribution in [0, 0.1) is 17.0 Å². The van der Waals surface area contributed by atoms with E-state index in [0.717, 1.165) is 11.1 Å². The minimum atomic E-state index is -0.377. The van der Waals surface area contributed by atoms with Gasteiger partial charge in [0.1, 0.15) is 0 Å². The zero-order valence-electron chi connectivity index (χ0n) is 13.9. The Morgan fingerprint density at radius 3 is 2.83 bits per heavy atom. The molecule has 0 bridgehead atoms. The number of carbonyl (C=O) groups is 1. The van der Waals surface area contributed by atoms with Gasteiger partial charge in [0.2, 0.25) is 0 Å². The molecule has 0 spiro atoms. The molecule has 0 fully saturated rings. The molecule has 0 N–H and O–H groups in total. The number of ether oxygens (including phenoxy) is 1. The molecule has 0 aliphatic heterocycles. The van der Waals surface area contributed by atoms with Crippen molar-refractivity contribution in [3.05, 3.63) is 57.4 Å². The topological polar surface area (TPSA) is 87.3 Å². The lowest BCUT2D eigenvalue weighted by molar-refractivity contribution is -0.385. The molecule has 0 saturated heterocycles. The van der Waals surface area contributed by atoms with Crippen LogP contribution in [0.15, 0.2) is 30.6 Å². The second kappa shape index (κ2) is 8.24. The monoisotopic (exact) mass is 331 g/mol. The number of rotatable bonds is 8. The van der Waals surface area contributed by atoms with E-state index in [1.165, 1.54) is 0 Å². The Morgan fingerprint density at radius 2 is 2.21 bits per heavy atom. The smallest absolute Gasteiger partial charge is 0.305 e. The van der Waals surface area contributed by atoms with Gasteiger partial charge in [-0.25, -0.2) is 0 Å². The number of nitro benzene ring substituents is 1. The van der Waals surface area contributed by atoms with Gasteiger partial charge < -0.3 is 4.74 Å². The van der Waals surface area contributed by atoms with Crippen molar-refractivity contribution in [3.63, 3.8) is 0 Å². The van der Waals surface area contributed by atoms with Crippen LogP contribution in [0.2, 0.25) is 0 Å². The average molecular weight is 331 g/mol. The van der Waals surface area contributed by atoms with E-state index >= 15 is 0 Å². The molecule has 0 radical (unpaired) electrons. The van der Waals surface area contributed by atoms with E-state index in [4.69, 9.17) is 4.74 Å². The third-order valence-electron chi connectivity index (χ3n) is 3.59. The third-order valence-corrected chi connectivity index (χ3v) is 3.59. The average Bonchev–Trinajstić information content (AvgIpc) is 2.93. The lowest BCUT2D eigenvalue weighted by Gasteiger charge is -2.07. The van der Waals surface area contributed by atoms with Gasteiger partial charge in [0, 0.05) is 24.2 Å². The highest BCUT2D eigenvalue weighted by Crippen LogP contribution is 2.23. The molecular weight excluding hydrogens is 310 g/mol. The minimum absolute atomic E-state index is 0.0836. The highest BCUT2D eigenvalue weighted by atomic mass is 16.6. The molecule has 2 rings (SSSR count). The number of carbonyl (C=O) groups excluding carboxylic acids is 1. The quantitative estimate of drug-likeness (QED) is 0.421. The van der Waals surface area contributed by atoms with Crippen LogP contribution in [0.25, 0.3) is 0 Å². The predicted molar refractivity (Wildman–Crippen MR) is 88.7 cm³/mol. The van der Waals surface area contributed by atoms with Gasteiger partial charge in [-0.2, -0.15) is 5.10 Å². The molecule has 2 aromatic rings. The van der Waals surface area contributed by atoms with Gasteiger partial charge in [-0.3, -0.25) is 19.6 Å². The van der Waals surface area contributed by atoms with E-state index in [1.54, 1.807) is 29.9 Å². The van der Waals surface area contributed by atoms with Crippen LogP contribution in [0.1, 0.15) is 36.5 Å². The van der Waals surface area contributed by atoms with E-state index in [9.17, 15) is 14.9 Å². The van der Waals surface area contributed by atoms with Crippen molar-refractivity contribution in [1.29, 1.82) is 0 Å². The van der Waals surface area contributed by atoms with Crippen molar-refractivity contribution in [2.75, 3.05) is 6.61 Å². The van der Waals surface area contributed by atoms with Gasteiger partial charge in [0.25, 0.3) is 5.69 Å². The van der Waals surface area contributed by atoms with Crippen molar-refractivity contribution in [2.24, 2.45) is 0 Å². The van der Waals surface area contributed by atoms with Gasteiger partial charge in [0.15, 0.2) is 0 Å². The Bertz CT molecular complexity index is 724. The number of hydrogen-bond donors (Lipinski definition) is 0. The third kappa shape index (κ3) is 4.91. The number of aromatic nitrogens is 2. The summed E-state index contributed by atoms with van der Waals surface area (Å²) < 4.78 is 6.61.